The zero-order valence-corrected chi connectivity index (χ0v) is 7.32. The smallest absolute Gasteiger partial charge is 0.318 e. The number of hydrogen-bond acceptors (Lipinski definition) is 3. The maximum absolute atomic E-state index is 10.8. The van der Waals surface area contributed by atoms with Crippen molar-refractivity contribution < 1.29 is 14.3 Å². The minimum absolute atomic E-state index is 0.201. The number of ether oxygens (including phenoxy) is 1. The Labute approximate surface area is 76.3 Å². The molecule has 0 amide bonds. The first-order chi connectivity index (χ1) is 6.22. The first-order valence-corrected chi connectivity index (χ1v) is 3.93. The van der Waals surface area contributed by atoms with E-state index in [1.165, 1.54) is 0 Å². The van der Waals surface area contributed by atoms with Crippen LogP contribution in [0.4, 0.5) is 0 Å². The zero-order chi connectivity index (χ0) is 9.68. The average molecular weight is 178 g/mol. The molecule has 0 N–H and O–H groups in total. The van der Waals surface area contributed by atoms with Crippen molar-refractivity contribution in [2.45, 2.75) is 13.3 Å². The van der Waals surface area contributed by atoms with Gasteiger partial charge in [-0.2, -0.15) is 0 Å². The Morgan fingerprint density at radius 2 is 2.00 bits per heavy atom. The van der Waals surface area contributed by atoms with E-state index < -0.39 is 5.97 Å². The van der Waals surface area contributed by atoms with Gasteiger partial charge in [0.25, 0.3) is 0 Å². The Morgan fingerprint density at radius 3 is 2.54 bits per heavy atom. The number of benzene rings is 1. The van der Waals surface area contributed by atoms with Gasteiger partial charge in [-0.15, -0.1) is 0 Å². The molecule has 3 nitrogen and oxygen atoms in total. The maximum Gasteiger partial charge on any atom is 0.318 e. The van der Waals surface area contributed by atoms with Crippen molar-refractivity contribution in [3.8, 4) is 5.75 Å². The number of aryl methyl sites for hydroxylation is 1. The van der Waals surface area contributed by atoms with Crippen molar-refractivity contribution >= 4 is 12.3 Å². The van der Waals surface area contributed by atoms with Gasteiger partial charge < -0.3 is 9.53 Å². The molecule has 13 heavy (non-hydrogen) atoms. The Hall–Kier alpha value is -1.64. The maximum atomic E-state index is 10.8. The Balaban J connectivity index is 2.59. The highest BCUT2D eigenvalue weighted by Crippen LogP contribution is 2.11. The summed E-state index contributed by atoms with van der Waals surface area (Å²) in [5, 5.41) is 0. The number of aldehydes is 1. The van der Waals surface area contributed by atoms with E-state index in [0.717, 1.165) is 5.56 Å². The summed E-state index contributed by atoms with van der Waals surface area (Å²) in [7, 11) is 0. The molecule has 0 aliphatic rings. The topological polar surface area (TPSA) is 43.4 Å². The van der Waals surface area contributed by atoms with E-state index in [4.69, 9.17) is 4.74 Å². The third-order valence-electron chi connectivity index (χ3n) is 1.50. The first-order valence-electron chi connectivity index (χ1n) is 3.93. The van der Waals surface area contributed by atoms with Crippen LogP contribution >= 0.6 is 0 Å². The van der Waals surface area contributed by atoms with E-state index in [-0.39, 0.29) is 6.42 Å². The third-order valence-corrected chi connectivity index (χ3v) is 1.50. The SMILES string of the molecule is Cc1ccc(OC(=O)CC=O)cc1. The molecule has 0 heterocycles. The Kier molecular flexibility index (Phi) is 3.20. The van der Waals surface area contributed by atoms with Crippen LogP contribution in [-0.2, 0) is 9.59 Å². The number of rotatable bonds is 3. The number of hydrogen-bond donors (Lipinski definition) is 0. The van der Waals surface area contributed by atoms with Gasteiger partial charge >= 0.3 is 5.97 Å². The summed E-state index contributed by atoms with van der Waals surface area (Å²) in [5.74, 6) is -0.0590. The first kappa shape index (κ1) is 9.45. The summed E-state index contributed by atoms with van der Waals surface area (Å²) in [6.45, 7) is 1.94. The standard InChI is InChI=1S/C10H10O3/c1-8-2-4-9(5-3-8)13-10(12)6-7-11/h2-5,7H,6H2,1H3. The van der Waals surface area contributed by atoms with Gasteiger partial charge in [-0.25, -0.2) is 0 Å². The molecule has 0 bridgehead atoms. The van der Waals surface area contributed by atoms with Crippen LogP contribution in [0.2, 0.25) is 0 Å². The van der Waals surface area contributed by atoms with E-state index in [1.54, 1.807) is 12.1 Å². The van der Waals surface area contributed by atoms with E-state index in [1.807, 2.05) is 19.1 Å². The fourth-order valence-corrected chi connectivity index (χ4v) is 0.847. The molecule has 0 saturated heterocycles. The van der Waals surface area contributed by atoms with Gasteiger partial charge in [0.2, 0.25) is 0 Å². The second-order valence-corrected chi connectivity index (χ2v) is 2.66. The molecule has 68 valence electrons. The van der Waals surface area contributed by atoms with Crippen LogP contribution in [0, 0.1) is 6.92 Å². The van der Waals surface area contributed by atoms with Crippen LogP contribution in [0.25, 0.3) is 0 Å². The average Bonchev–Trinajstić information content (AvgIpc) is 2.09. The third kappa shape index (κ3) is 3.07. The quantitative estimate of drug-likeness (QED) is 0.305. The van der Waals surface area contributed by atoms with Gasteiger partial charge in [0.1, 0.15) is 18.5 Å². The van der Waals surface area contributed by atoms with Crippen molar-refractivity contribution in [2.24, 2.45) is 0 Å². The lowest BCUT2D eigenvalue weighted by Crippen LogP contribution is -2.07. The normalized spacial score (nSPS) is 9.31. The van der Waals surface area contributed by atoms with E-state index in [9.17, 15) is 9.59 Å². The summed E-state index contributed by atoms with van der Waals surface area (Å²) in [6.07, 6.45) is 0.324. The lowest BCUT2D eigenvalue weighted by molar-refractivity contribution is -0.135. The second kappa shape index (κ2) is 4.40. The highest BCUT2D eigenvalue weighted by atomic mass is 16.5. The molecule has 0 saturated carbocycles. The van der Waals surface area contributed by atoms with E-state index in [0.29, 0.717) is 12.0 Å². The van der Waals surface area contributed by atoms with Gasteiger partial charge in [-0.05, 0) is 19.1 Å². The molecule has 0 atom stereocenters. The molecular formula is C10H10O3. The van der Waals surface area contributed by atoms with Gasteiger partial charge in [-0.1, -0.05) is 17.7 Å². The molecule has 0 aliphatic heterocycles. The summed E-state index contributed by atoms with van der Waals surface area (Å²) in [6, 6.07) is 7.06. The fourth-order valence-electron chi connectivity index (χ4n) is 0.847. The lowest BCUT2D eigenvalue weighted by atomic mass is 10.2. The Morgan fingerprint density at radius 1 is 1.38 bits per heavy atom. The van der Waals surface area contributed by atoms with Gasteiger partial charge in [0, 0.05) is 0 Å². The Bertz CT molecular complexity index is 300. The summed E-state index contributed by atoms with van der Waals surface area (Å²) in [5.41, 5.74) is 1.09. The van der Waals surface area contributed by atoms with Crippen molar-refractivity contribution in [3.05, 3.63) is 29.8 Å². The van der Waals surface area contributed by atoms with Crippen molar-refractivity contribution in [2.75, 3.05) is 0 Å². The van der Waals surface area contributed by atoms with E-state index >= 15 is 0 Å². The molecule has 1 aromatic carbocycles. The van der Waals surface area contributed by atoms with Crippen LogP contribution < -0.4 is 4.74 Å². The van der Waals surface area contributed by atoms with Gasteiger partial charge in [0.05, 0.1) is 0 Å². The highest BCUT2D eigenvalue weighted by molar-refractivity contribution is 5.85. The second-order valence-electron chi connectivity index (χ2n) is 2.66. The molecule has 0 aromatic heterocycles. The summed E-state index contributed by atoms with van der Waals surface area (Å²) < 4.78 is 4.84. The molecule has 0 fully saturated rings. The van der Waals surface area contributed by atoms with Crippen LogP contribution in [0.1, 0.15) is 12.0 Å². The largest absolute Gasteiger partial charge is 0.426 e. The molecular weight excluding hydrogens is 168 g/mol. The molecule has 0 unspecified atom stereocenters. The monoisotopic (exact) mass is 178 g/mol. The molecule has 0 radical (unpaired) electrons. The summed E-state index contributed by atoms with van der Waals surface area (Å²) in [4.78, 5) is 20.8. The minimum atomic E-state index is -0.529. The highest BCUT2D eigenvalue weighted by Gasteiger charge is 2.02. The van der Waals surface area contributed by atoms with Gasteiger partial charge in [-0.3, -0.25) is 4.79 Å². The molecule has 0 aliphatic carbocycles. The van der Waals surface area contributed by atoms with Crippen LogP contribution in [0.5, 0.6) is 5.75 Å². The van der Waals surface area contributed by atoms with Crippen molar-refractivity contribution in [1.29, 1.82) is 0 Å². The van der Waals surface area contributed by atoms with Crippen LogP contribution in [-0.4, -0.2) is 12.3 Å². The lowest BCUT2D eigenvalue weighted by Gasteiger charge is -2.01. The van der Waals surface area contributed by atoms with Gasteiger partial charge in [0.15, 0.2) is 0 Å². The number of carbonyl (C=O) groups excluding carboxylic acids is 2. The molecule has 0 spiro atoms. The van der Waals surface area contributed by atoms with Crippen molar-refractivity contribution in [3.63, 3.8) is 0 Å². The minimum Gasteiger partial charge on any atom is -0.426 e. The number of esters is 1. The van der Waals surface area contributed by atoms with E-state index in [2.05, 4.69) is 0 Å². The predicted octanol–water partition coefficient (Wildman–Crippen LogP) is 1.49. The fraction of sp³-hybridized carbons (Fsp3) is 0.200. The molecule has 1 rings (SSSR count). The summed E-state index contributed by atoms with van der Waals surface area (Å²) >= 11 is 0. The van der Waals surface area contributed by atoms with Crippen molar-refractivity contribution in [1.82, 2.24) is 0 Å². The molecule has 1 aromatic rings. The molecule has 3 heteroatoms. The van der Waals surface area contributed by atoms with Crippen LogP contribution in [0.3, 0.4) is 0 Å². The van der Waals surface area contributed by atoms with Crippen LogP contribution in [0.15, 0.2) is 24.3 Å². The predicted molar refractivity (Wildman–Crippen MR) is 47.5 cm³/mol. The zero-order valence-electron chi connectivity index (χ0n) is 7.32. The number of carbonyl (C=O) groups is 2.